The van der Waals surface area contributed by atoms with Gasteiger partial charge in [-0.3, -0.25) is 9.59 Å². The summed E-state index contributed by atoms with van der Waals surface area (Å²) in [4.78, 5) is 31.7. The van der Waals surface area contributed by atoms with Crippen molar-refractivity contribution in [1.29, 1.82) is 0 Å². The van der Waals surface area contributed by atoms with E-state index in [4.69, 9.17) is 9.47 Å². The Hall–Kier alpha value is -2.67. The summed E-state index contributed by atoms with van der Waals surface area (Å²) in [5.41, 5.74) is 2.08. The predicted molar refractivity (Wildman–Crippen MR) is 123 cm³/mol. The van der Waals surface area contributed by atoms with Crippen molar-refractivity contribution in [3.8, 4) is 11.5 Å². The van der Waals surface area contributed by atoms with Crippen LogP contribution in [0, 0.1) is 0 Å². The van der Waals surface area contributed by atoms with Crippen LogP contribution in [0.2, 0.25) is 0 Å². The third kappa shape index (κ3) is 4.11. The number of benzene rings is 2. The minimum atomic E-state index is -0.544. The molecule has 0 radical (unpaired) electrons. The molecule has 2 aromatic rings. The van der Waals surface area contributed by atoms with E-state index >= 15 is 0 Å². The molecule has 0 saturated carbocycles. The molecule has 31 heavy (non-hydrogen) atoms. The van der Waals surface area contributed by atoms with Gasteiger partial charge in [-0.25, -0.2) is 0 Å². The highest BCUT2D eigenvalue weighted by atomic mass is 32.2. The molecule has 2 aromatic carbocycles. The number of hydrogen-bond donors (Lipinski definition) is 0. The topological polar surface area (TPSA) is 59.1 Å². The lowest BCUT2D eigenvalue weighted by atomic mass is 9.79. The molecule has 0 spiro atoms. The second-order valence-electron chi connectivity index (χ2n) is 7.42. The first-order valence-corrected chi connectivity index (χ1v) is 11.6. The molecular formula is C24H30N2O4S. The Bertz CT molecular complexity index is 957. The summed E-state index contributed by atoms with van der Waals surface area (Å²) in [5.74, 6) is 0.292. The molecule has 2 amide bonds. The van der Waals surface area contributed by atoms with Crippen LogP contribution in [0.25, 0.3) is 0 Å². The van der Waals surface area contributed by atoms with E-state index in [9.17, 15) is 9.59 Å². The van der Waals surface area contributed by atoms with Gasteiger partial charge in [0, 0.05) is 30.6 Å². The standard InChI is InChI=1S/C24H30N2O4S/c1-7-26(8-2)24(28)21-17-13-19(29-4)20(30-5)14-18(17)23(27)25(3)22(21)15-9-11-16(31-6)12-10-15/h9-14,21-22H,7-8H2,1-6H3. The van der Waals surface area contributed by atoms with E-state index in [1.165, 1.54) is 7.11 Å². The highest BCUT2D eigenvalue weighted by Crippen LogP contribution is 2.46. The van der Waals surface area contributed by atoms with E-state index in [-0.39, 0.29) is 11.8 Å². The minimum absolute atomic E-state index is 0.00300. The van der Waals surface area contributed by atoms with E-state index in [0.717, 1.165) is 10.5 Å². The van der Waals surface area contributed by atoms with Crippen molar-refractivity contribution >= 4 is 23.6 Å². The molecule has 7 heteroatoms. The fraction of sp³-hybridized carbons (Fsp3) is 0.417. The molecule has 2 atom stereocenters. The maximum Gasteiger partial charge on any atom is 0.254 e. The van der Waals surface area contributed by atoms with Crippen LogP contribution in [0.1, 0.15) is 47.3 Å². The van der Waals surface area contributed by atoms with Gasteiger partial charge < -0.3 is 19.3 Å². The summed E-state index contributed by atoms with van der Waals surface area (Å²) in [6, 6.07) is 11.1. The average Bonchev–Trinajstić information content (AvgIpc) is 2.81. The number of carbonyl (C=O) groups is 2. The van der Waals surface area contributed by atoms with Crippen molar-refractivity contribution in [3.63, 3.8) is 0 Å². The Morgan fingerprint density at radius 3 is 2.16 bits per heavy atom. The van der Waals surface area contributed by atoms with Crippen LogP contribution in [0.15, 0.2) is 41.3 Å². The SMILES string of the molecule is CCN(CC)C(=O)C1c2cc(OC)c(OC)cc2C(=O)N(C)C1c1ccc(SC)cc1. The van der Waals surface area contributed by atoms with Gasteiger partial charge in [-0.15, -0.1) is 11.8 Å². The Labute approximate surface area is 188 Å². The number of amides is 2. The Morgan fingerprint density at radius 1 is 1.06 bits per heavy atom. The molecule has 166 valence electrons. The average molecular weight is 443 g/mol. The summed E-state index contributed by atoms with van der Waals surface area (Å²) in [5, 5.41) is 0. The van der Waals surface area contributed by atoms with Crippen LogP contribution in [0.4, 0.5) is 0 Å². The number of fused-ring (bicyclic) bond motifs is 1. The Morgan fingerprint density at radius 2 is 1.65 bits per heavy atom. The third-order valence-corrected chi connectivity index (χ3v) is 6.72. The Kier molecular flexibility index (Phi) is 7.15. The molecule has 6 nitrogen and oxygen atoms in total. The van der Waals surface area contributed by atoms with Crippen molar-refractivity contribution in [1.82, 2.24) is 9.80 Å². The first-order chi connectivity index (χ1) is 14.9. The van der Waals surface area contributed by atoms with Gasteiger partial charge in [0.15, 0.2) is 11.5 Å². The summed E-state index contributed by atoms with van der Waals surface area (Å²) >= 11 is 1.66. The lowest BCUT2D eigenvalue weighted by Crippen LogP contribution is -2.46. The quantitative estimate of drug-likeness (QED) is 0.602. The highest BCUT2D eigenvalue weighted by molar-refractivity contribution is 7.98. The first-order valence-electron chi connectivity index (χ1n) is 10.4. The molecule has 0 bridgehead atoms. The third-order valence-electron chi connectivity index (χ3n) is 5.97. The van der Waals surface area contributed by atoms with Gasteiger partial charge >= 0.3 is 0 Å². The molecule has 3 rings (SSSR count). The number of thioether (sulfide) groups is 1. The van der Waals surface area contributed by atoms with E-state index in [1.54, 1.807) is 43.0 Å². The zero-order valence-corrected chi connectivity index (χ0v) is 19.8. The smallest absolute Gasteiger partial charge is 0.254 e. The number of rotatable bonds is 7. The number of nitrogens with zero attached hydrogens (tertiary/aromatic N) is 2. The van der Waals surface area contributed by atoms with Crippen LogP contribution in [0.3, 0.4) is 0 Å². The molecular weight excluding hydrogens is 412 g/mol. The van der Waals surface area contributed by atoms with Crippen LogP contribution in [-0.2, 0) is 4.79 Å². The van der Waals surface area contributed by atoms with Crippen molar-refractivity contribution in [3.05, 3.63) is 53.1 Å². The number of methoxy groups -OCH3 is 2. The lowest BCUT2D eigenvalue weighted by Gasteiger charge is -2.41. The van der Waals surface area contributed by atoms with Gasteiger partial charge in [-0.1, -0.05) is 12.1 Å². The van der Waals surface area contributed by atoms with Gasteiger partial charge in [-0.05, 0) is 55.5 Å². The maximum atomic E-state index is 13.7. The number of carbonyl (C=O) groups excluding carboxylic acids is 2. The van der Waals surface area contributed by atoms with Gasteiger partial charge in [0.2, 0.25) is 5.91 Å². The molecule has 1 heterocycles. The molecule has 1 aliphatic heterocycles. The van der Waals surface area contributed by atoms with E-state index in [1.807, 2.05) is 49.3 Å². The van der Waals surface area contributed by atoms with Gasteiger partial charge in [0.1, 0.15) is 0 Å². The molecule has 0 aliphatic carbocycles. The fourth-order valence-electron chi connectivity index (χ4n) is 4.26. The summed E-state index contributed by atoms with van der Waals surface area (Å²) in [6.07, 6.45) is 2.02. The molecule has 0 N–H and O–H groups in total. The van der Waals surface area contributed by atoms with Crippen molar-refractivity contribution in [2.75, 3.05) is 40.6 Å². The second kappa shape index (κ2) is 9.64. The molecule has 2 unspecified atom stereocenters. The largest absolute Gasteiger partial charge is 0.493 e. The summed E-state index contributed by atoms with van der Waals surface area (Å²) in [7, 11) is 4.86. The molecule has 0 fully saturated rings. The van der Waals surface area contributed by atoms with E-state index in [0.29, 0.717) is 35.7 Å². The lowest BCUT2D eigenvalue weighted by molar-refractivity contribution is -0.134. The second-order valence-corrected chi connectivity index (χ2v) is 8.30. The predicted octanol–water partition coefficient (Wildman–Crippen LogP) is 4.20. The number of hydrogen-bond acceptors (Lipinski definition) is 5. The maximum absolute atomic E-state index is 13.7. The summed E-state index contributed by atoms with van der Waals surface area (Å²) in [6.45, 7) is 5.14. The van der Waals surface area contributed by atoms with Crippen LogP contribution in [-0.4, -0.2) is 62.2 Å². The van der Waals surface area contributed by atoms with Crippen LogP contribution >= 0.6 is 11.8 Å². The van der Waals surface area contributed by atoms with Gasteiger partial charge in [0.05, 0.1) is 26.2 Å². The normalized spacial score (nSPS) is 17.9. The first kappa shape index (κ1) is 23.0. The van der Waals surface area contributed by atoms with Crippen molar-refractivity contribution in [2.45, 2.75) is 30.7 Å². The Balaban J connectivity index is 2.24. The molecule has 0 aromatic heterocycles. The summed E-state index contributed by atoms with van der Waals surface area (Å²) < 4.78 is 10.9. The van der Waals surface area contributed by atoms with Crippen molar-refractivity contribution < 1.29 is 19.1 Å². The van der Waals surface area contributed by atoms with E-state index in [2.05, 4.69) is 0 Å². The number of ether oxygens (including phenoxy) is 2. The van der Waals surface area contributed by atoms with Crippen molar-refractivity contribution in [2.24, 2.45) is 0 Å². The van der Waals surface area contributed by atoms with Crippen LogP contribution in [0.5, 0.6) is 11.5 Å². The molecule has 1 aliphatic rings. The fourth-order valence-corrected chi connectivity index (χ4v) is 4.67. The zero-order chi connectivity index (χ0) is 22.7. The zero-order valence-electron chi connectivity index (χ0n) is 19.0. The van der Waals surface area contributed by atoms with Gasteiger partial charge in [0.25, 0.3) is 5.91 Å². The molecule has 0 saturated heterocycles. The number of likely N-dealkylation sites (N-methyl/N-ethyl adjacent to an activating group) is 2. The van der Waals surface area contributed by atoms with Gasteiger partial charge in [-0.2, -0.15) is 0 Å². The van der Waals surface area contributed by atoms with Crippen LogP contribution < -0.4 is 9.47 Å². The highest BCUT2D eigenvalue weighted by Gasteiger charge is 2.44. The van der Waals surface area contributed by atoms with E-state index < -0.39 is 12.0 Å². The minimum Gasteiger partial charge on any atom is -0.493 e. The monoisotopic (exact) mass is 442 g/mol.